The van der Waals surface area contributed by atoms with Crippen molar-refractivity contribution < 1.29 is 14.0 Å². The number of benzene rings is 3. The monoisotopic (exact) mass is 468 g/mol. The van der Waals surface area contributed by atoms with E-state index in [0.717, 1.165) is 0 Å². The van der Waals surface area contributed by atoms with Crippen LogP contribution in [0.25, 0.3) is 0 Å². The maximum atomic E-state index is 14.5. The summed E-state index contributed by atoms with van der Waals surface area (Å²) in [6, 6.07) is 25.5. The number of hydrogen-bond acceptors (Lipinski definition) is 4. The molecule has 0 aliphatic carbocycles. The summed E-state index contributed by atoms with van der Waals surface area (Å²) in [6.45, 7) is 7.19. The van der Waals surface area contributed by atoms with Gasteiger partial charge in [-0.1, -0.05) is 86.6 Å². The van der Waals surface area contributed by atoms with Crippen LogP contribution in [-0.2, 0) is 4.43 Å². The van der Waals surface area contributed by atoms with Crippen LogP contribution in [-0.4, -0.2) is 31.7 Å². The number of oxime groups is 1. The van der Waals surface area contributed by atoms with Crippen LogP contribution in [0.15, 0.2) is 88.9 Å². The van der Waals surface area contributed by atoms with Crippen LogP contribution in [0.4, 0.5) is 4.39 Å². The molecule has 0 spiro atoms. The fourth-order valence-electron chi connectivity index (χ4n) is 3.94. The van der Waals surface area contributed by atoms with E-state index in [4.69, 9.17) is 15.4 Å². The molecule has 0 aliphatic rings. The topological polar surface area (TPSA) is 67.8 Å². The van der Waals surface area contributed by atoms with Gasteiger partial charge in [0.25, 0.3) is 8.32 Å². The molecule has 0 amide bonds. The van der Waals surface area contributed by atoms with E-state index in [2.05, 4.69) is 74.5 Å². The molecule has 0 unspecified atom stereocenters. The molecule has 0 saturated carbocycles. The average Bonchev–Trinajstić information content (AvgIpc) is 2.79. The van der Waals surface area contributed by atoms with Crippen molar-refractivity contribution in [1.82, 2.24) is 0 Å². The molecule has 3 aromatic carbocycles. The standard InChI is InChI=1S/C25H29FN2O2SSi/c1-25(2,3)32(20-10-6-4-7-11-20,21-12-8-5-9-13-21)30-16-17-31-23-15-14-19(18-22(23)26)24(27)28-29/h4-15,18,29H,16-17H2,1-3H3,(H2,27,28). The number of thioether (sulfide) groups is 1. The number of halogens is 1. The molecule has 0 aliphatic heterocycles. The van der Waals surface area contributed by atoms with E-state index in [1.54, 1.807) is 12.1 Å². The van der Waals surface area contributed by atoms with Gasteiger partial charge in [-0.25, -0.2) is 4.39 Å². The molecule has 168 valence electrons. The van der Waals surface area contributed by atoms with E-state index in [1.165, 1.54) is 28.2 Å². The smallest absolute Gasteiger partial charge is 0.261 e. The van der Waals surface area contributed by atoms with Crippen LogP contribution >= 0.6 is 11.8 Å². The van der Waals surface area contributed by atoms with Crippen LogP contribution in [0.2, 0.25) is 5.04 Å². The number of nitrogens with two attached hydrogens (primary N) is 1. The van der Waals surface area contributed by atoms with Crippen molar-refractivity contribution in [3.63, 3.8) is 0 Å². The Morgan fingerprint density at radius 3 is 2.03 bits per heavy atom. The SMILES string of the molecule is CC(C)(C)[Si](OCCSc1ccc(/C(N)=N/O)cc1F)(c1ccccc1)c1ccccc1. The summed E-state index contributed by atoms with van der Waals surface area (Å²) in [4.78, 5) is 0.505. The van der Waals surface area contributed by atoms with Gasteiger partial charge in [-0.05, 0) is 33.6 Å². The van der Waals surface area contributed by atoms with E-state index in [1.807, 2.05) is 12.1 Å². The fourth-order valence-corrected chi connectivity index (χ4v) is 9.40. The highest BCUT2D eigenvalue weighted by Gasteiger charge is 2.49. The number of amidine groups is 1. The number of nitrogens with zero attached hydrogens (tertiary/aromatic N) is 1. The molecule has 7 heteroatoms. The Labute approximate surface area is 194 Å². The number of hydrogen-bond donors (Lipinski definition) is 2. The Morgan fingerprint density at radius 1 is 1.00 bits per heavy atom. The lowest BCUT2D eigenvalue weighted by Gasteiger charge is -2.43. The third-order valence-corrected chi connectivity index (χ3v) is 11.5. The third kappa shape index (κ3) is 5.06. The van der Waals surface area contributed by atoms with Gasteiger partial charge in [0.2, 0.25) is 0 Å². The highest BCUT2D eigenvalue weighted by molar-refractivity contribution is 7.99. The predicted molar refractivity (Wildman–Crippen MR) is 133 cm³/mol. The molecule has 0 heterocycles. The molecule has 3 aromatic rings. The minimum atomic E-state index is -2.60. The van der Waals surface area contributed by atoms with Gasteiger partial charge >= 0.3 is 0 Å². The molecule has 0 fully saturated rings. The lowest BCUT2D eigenvalue weighted by Crippen LogP contribution is -2.66. The molecular weight excluding hydrogens is 439 g/mol. The van der Waals surface area contributed by atoms with Gasteiger partial charge in [-0.3, -0.25) is 0 Å². The van der Waals surface area contributed by atoms with Gasteiger partial charge in [0.1, 0.15) is 5.82 Å². The summed E-state index contributed by atoms with van der Waals surface area (Å²) in [6.07, 6.45) is 0. The first kappa shape index (κ1) is 24.0. The molecule has 0 bridgehead atoms. The van der Waals surface area contributed by atoms with Crippen LogP contribution in [0.3, 0.4) is 0 Å². The molecule has 3 rings (SSSR count). The Balaban J connectivity index is 1.83. The van der Waals surface area contributed by atoms with Crippen molar-refractivity contribution in [3.8, 4) is 0 Å². The van der Waals surface area contributed by atoms with Crippen molar-refractivity contribution in [2.45, 2.75) is 30.7 Å². The zero-order valence-electron chi connectivity index (χ0n) is 18.6. The molecule has 32 heavy (non-hydrogen) atoms. The van der Waals surface area contributed by atoms with Crippen LogP contribution in [0.5, 0.6) is 0 Å². The van der Waals surface area contributed by atoms with Crippen molar-refractivity contribution in [3.05, 3.63) is 90.2 Å². The van der Waals surface area contributed by atoms with E-state index in [9.17, 15) is 4.39 Å². The summed E-state index contributed by atoms with van der Waals surface area (Å²) >= 11 is 1.40. The molecule has 0 aromatic heterocycles. The van der Waals surface area contributed by atoms with E-state index >= 15 is 0 Å². The molecule has 0 saturated heterocycles. The molecular formula is C25H29FN2O2SSi. The zero-order valence-corrected chi connectivity index (χ0v) is 20.4. The third-order valence-electron chi connectivity index (χ3n) is 5.41. The van der Waals surface area contributed by atoms with Crippen LogP contribution in [0, 0.1) is 5.82 Å². The van der Waals surface area contributed by atoms with Crippen molar-refractivity contribution >= 4 is 36.3 Å². The van der Waals surface area contributed by atoms with Crippen LogP contribution in [0.1, 0.15) is 26.3 Å². The lowest BCUT2D eigenvalue weighted by molar-refractivity contribution is 0.318. The Hall–Kier alpha value is -2.61. The van der Waals surface area contributed by atoms with Gasteiger partial charge in [0.05, 0.1) is 0 Å². The maximum absolute atomic E-state index is 14.5. The Kier molecular flexibility index (Phi) is 7.76. The summed E-state index contributed by atoms with van der Waals surface area (Å²) in [5.74, 6) is 0.0876. The quantitative estimate of drug-likeness (QED) is 0.0965. The Bertz CT molecular complexity index is 1020. The second-order valence-corrected chi connectivity index (χ2v) is 13.9. The summed E-state index contributed by atoms with van der Waals surface area (Å²) in [7, 11) is -2.60. The lowest BCUT2D eigenvalue weighted by atomic mass is 10.2. The second-order valence-electron chi connectivity index (χ2n) is 8.49. The molecule has 4 nitrogen and oxygen atoms in total. The highest BCUT2D eigenvalue weighted by Crippen LogP contribution is 2.37. The second kappa shape index (κ2) is 10.3. The molecule has 0 radical (unpaired) electrons. The first-order chi connectivity index (χ1) is 15.3. The predicted octanol–water partition coefficient (Wildman–Crippen LogP) is 4.59. The van der Waals surface area contributed by atoms with E-state index in [-0.39, 0.29) is 10.9 Å². The van der Waals surface area contributed by atoms with Gasteiger partial charge in [0, 0.05) is 22.8 Å². The number of rotatable bonds is 8. The van der Waals surface area contributed by atoms with Crippen molar-refractivity contribution in [2.24, 2.45) is 10.9 Å². The normalized spacial score (nSPS) is 12.7. The average molecular weight is 469 g/mol. The van der Waals surface area contributed by atoms with Gasteiger partial charge in [-0.2, -0.15) is 0 Å². The summed E-state index contributed by atoms with van der Waals surface area (Å²) < 4.78 is 21.3. The zero-order chi connectivity index (χ0) is 23.2. The Morgan fingerprint density at radius 2 is 1.56 bits per heavy atom. The fraction of sp³-hybridized carbons (Fsp3) is 0.240. The minimum absolute atomic E-state index is 0.103. The first-order valence-electron chi connectivity index (χ1n) is 10.4. The molecule has 0 atom stereocenters. The van der Waals surface area contributed by atoms with Crippen molar-refractivity contribution in [1.29, 1.82) is 0 Å². The van der Waals surface area contributed by atoms with Gasteiger partial charge in [-0.15, -0.1) is 11.8 Å². The summed E-state index contributed by atoms with van der Waals surface area (Å²) in [5, 5.41) is 14.0. The summed E-state index contributed by atoms with van der Waals surface area (Å²) in [5.41, 5.74) is 5.89. The van der Waals surface area contributed by atoms with Crippen LogP contribution < -0.4 is 16.1 Å². The van der Waals surface area contributed by atoms with E-state index < -0.39 is 14.1 Å². The van der Waals surface area contributed by atoms with Gasteiger partial charge < -0.3 is 15.4 Å². The highest BCUT2D eigenvalue weighted by atomic mass is 32.2. The molecule has 3 N–H and O–H groups in total. The van der Waals surface area contributed by atoms with Gasteiger partial charge in [0.15, 0.2) is 5.84 Å². The van der Waals surface area contributed by atoms with E-state index in [0.29, 0.717) is 22.8 Å². The van der Waals surface area contributed by atoms with Crippen molar-refractivity contribution in [2.75, 3.05) is 12.4 Å². The first-order valence-corrected chi connectivity index (χ1v) is 13.3. The minimum Gasteiger partial charge on any atom is -0.409 e. The maximum Gasteiger partial charge on any atom is 0.261 e. The largest absolute Gasteiger partial charge is 0.409 e.